The van der Waals surface area contributed by atoms with Crippen LogP contribution in [0.1, 0.15) is 24.3 Å². The summed E-state index contributed by atoms with van der Waals surface area (Å²) in [6, 6.07) is 2.17. The number of ether oxygens (including phenoxy) is 1. The number of methoxy groups -OCH3 is 1. The Morgan fingerprint density at radius 3 is 2.68 bits per heavy atom. The van der Waals surface area contributed by atoms with E-state index >= 15 is 0 Å². The number of carbonyl (C=O) groups is 2. The van der Waals surface area contributed by atoms with E-state index in [4.69, 9.17) is 9.84 Å². The molecule has 7 heteroatoms. The van der Waals surface area contributed by atoms with Crippen LogP contribution >= 0.6 is 11.3 Å². The Hall–Kier alpha value is -1.60. The number of aliphatic carboxylic acids is 1. The van der Waals surface area contributed by atoms with Gasteiger partial charge in [-0.2, -0.15) is 0 Å². The molecule has 3 N–H and O–H groups in total. The van der Waals surface area contributed by atoms with Gasteiger partial charge in [0.05, 0.1) is 12.6 Å². The van der Waals surface area contributed by atoms with Crippen LogP contribution < -0.4 is 10.6 Å². The molecule has 1 rings (SSSR count). The molecule has 106 valence electrons. The lowest BCUT2D eigenvalue weighted by Gasteiger charge is -2.19. The van der Waals surface area contributed by atoms with Gasteiger partial charge in [0.15, 0.2) is 6.04 Å². The summed E-state index contributed by atoms with van der Waals surface area (Å²) < 4.78 is 4.75. The smallest absolute Gasteiger partial charge is 0.328 e. The standard InChI is InChI=1S/C12H18N2O4S/c1-3-8(10-5-4-6-19-10)13-12(17)14-9(7-18-2)11(15)16/h4-6,8-9H,3,7H2,1-2H3,(H,15,16)(H2,13,14,17). The van der Waals surface area contributed by atoms with E-state index in [-0.39, 0.29) is 12.6 Å². The molecule has 0 aliphatic heterocycles. The highest BCUT2D eigenvalue weighted by Crippen LogP contribution is 2.21. The number of thiophene rings is 1. The number of urea groups is 1. The molecule has 2 atom stereocenters. The summed E-state index contributed by atoms with van der Waals surface area (Å²) in [6.45, 7) is 1.88. The first kappa shape index (κ1) is 15.5. The monoisotopic (exact) mass is 286 g/mol. The van der Waals surface area contributed by atoms with Crippen molar-refractivity contribution in [1.82, 2.24) is 10.6 Å². The lowest BCUT2D eigenvalue weighted by molar-refractivity contribution is -0.140. The van der Waals surface area contributed by atoms with Gasteiger partial charge in [0.25, 0.3) is 0 Å². The fraction of sp³-hybridized carbons (Fsp3) is 0.500. The number of hydrogen-bond acceptors (Lipinski definition) is 4. The predicted octanol–water partition coefficient (Wildman–Crippen LogP) is 1.60. The fourth-order valence-electron chi connectivity index (χ4n) is 1.56. The number of nitrogens with one attached hydrogen (secondary N) is 2. The van der Waals surface area contributed by atoms with Crippen LogP contribution in [0.3, 0.4) is 0 Å². The van der Waals surface area contributed by atoms with Gasteiger partial charge in [-0.3, -0.25) is 0 Å². The normalized spacial score (nSPS) is 13.6. The summed E-state index contributed by atoms with van der Waals surface area (Å²) in [5, 5.41) is 16.0. The first-order valence-electron chi connectivity index (χ1n) is 5.90. The summed E-state index contributed by atoms with van der Waals surface area (Å²) in [5.74, 6) is -1.12. The maximum absolute atomic E-state index is 11.8. The van der Waals surface area contributed by atoms with Crippen LogP contribution in [0.4, 0.5) is 4.79 Å². The topological polar surface area (TPSA) is 87.7 Å². The summed E-state index contributed by atoms with van der Waals surface area (Å²) in [7, 11) is 1.38. The molecular formula is C12H18N2O4S. The van der Waals surface area contributed by atoms with Crippen molar-refractivity contribution in [1.29, 1.82) is 0 Å². The largest absolute Gasteiger partial charge is 0.480 e. The van der Waals surface area contributed by atoms with E-state index in [0.29, 0.717) is 0 Å². The average Bonchev–Trinajstić information content (AvgIpc) is 2.89. The van der Waals surface area contributed by atoms with E-state index in [2.05, 4.69) is 10.6 Å². The van der Waals surface area contributed by atoms with E-state index in [9.17, 15) is 9.59 Å². The van der Waals surface area contributed by atoms with Gasteiger partial charge in [-0.05, 0) is 17.9 Å². The van der Waals surface area contributed by atoms with Gasteiger partial charge in [-0.15, -0.1) is 11.3 Å². The molecule has 0 aromatic carbocycles. The Labute approximate surface area is 115 Å². The second-order valence-corrected chi connectivity index (χ2v) is 4.92. The SMILES string of the molecule is CCC(NC(=O)NC(COC)C(=O)O)c1cccs1. The average molecular weight is 286 g/mol. The summed E-state index contributed by atoms with van der Waals surface area (Å²) in [4.78, 5) is 23.7. The zero-order valence-electron chi connectivity index (χ0n) is 10.9. The third-order valence-electron chi connectivity index (χ3n) is 2.54. The van der Waals surface area contributed by atoms with Crippen LogP contribution in [0, 0.1) is 0 Å². The van der Waals surface area contributed by atoms with Gasteiger partial charge in [0.2, 0.25) is 0 Å². The molecule has 6 nitrogen and oxygen atoms in total. The van der Waals surface area contributed by atoms with Gasteiger partial charge in [-0.1, -0.05) is 13.0 Å². The maximum atomic E-state index is 11.8. The molecule has 1 aromatic rings. The van der Waals surface area contributed by atoms with Crippen molar-refractivity contribution in [3.63, 3.8) is 0 Å². The summed E-state index contributed by atoms with van der Waals surface area (Å²) >= 11 is 1.55. The minimum atomic E-state index is -1.12. The van der Waals surface area contributed by atoms with Crippen LogP contribution in [-0.4, -0.2) is 36.9 Å². The van der Waals surface area contributed by atoms with Crippen LogP contribution in [0.15, 0.2) is 17.5 Å². The molecule has 0 aliphatic carbocycles. The van der Waals surface area contributed by atoms with Crippen molar-refractivity contribution in [3.8, 4) is 0 Å². The van der Waals surface area contributed by atoms with Crippen LogP contribution in [0.2, 0.25) is 0 Å². The highest BCUT2D eigenvalue weighted by atomic mass is 32.1. The fourth-order valence-corrected chi connectivity index (χ4v) is 2.42. The summed E-state index contributed by atoms with van der Waals surface area (Å²) in [6.07, 6.45) is 0.732. The highest BCUT2D eigenvalue weighted by molar-refractivity contribution is 7.10. The first-order valence-corrected chi connectivity index (χ1v) is 6.78. The van der Waals surface area contributed by atoms with Crippen LogP contribution in [0.25, 0.3) is 0 Å². The van der Waals surface area contributed by atoms with Gasteiger partial charge in [-0.25, -0.2) is 9.59 Å². The van der Waals surface area contributed by atoms with Crippen LogP contribution in [-0.2, 0) is 9.53 Å². The van der Waals surface area contributed by atoms with Crippen molar-refractivity contribution in [2.45, 2.75) is 25.4 Å². The quantitative estimate of drug-likeness (QED) is 0.710. The Morgan fingerprint density at radius 2 is 2.21 bits per heavy atom. The van der Waals surface area contributed by atoms with Gasteiger partial charge >= 0.3 is 12.0 Å². The maximum Gasteiger partial charge on any atom is 0.328 e. The third kappa shape index (κ3) is 4.88. The molecule has 2 amide bonds. The number of carbonyl (C=O) groups excluding carboxylic acids is 1. The van der Waals surface area contributed by atoms with E-state index < -0.39 is 18.0 Å². The number of carboxylic acids is 1. The molecule has 0 fully saturated rings. The summed E-state index contributed by atoms with van der Waals surface area (Å²) in [5.41, 5.74) is 0. The second kappa shape index (κ2) is 7.75. The molecule has 0 saturated carbocycles. The predicted molar refractivity (Wildman–Crippen MR) is 72.3 cm³/mol. The van der Waals surface area contributed by atoms with E-state index in [1.54, 1.807) is 11.3 Å². The zero-order valence-corrected chi connectivity index (χ0v) is 11.7. The Balaban J connectivity index is 2.55. The van der Waals surface area contributed by atoms with Gasteiger partial charge < -0.3 is 20.5 Å². The minimum absolute atomic E-state index is 0.0709. The lowest BCUT2D eigenvalue weighted by atomic mass is 10.2. The van der Waals surface area contributed by atoms with Crippen molar-refractivity contribution in [2.24, 2.45) is 0 Å². The number of hydrogen-bond donors (Lipinski definition) is 3. The van der Waals surface area contributed by atoms with Crippen molar-refractivity contribution >= 4 is 23.3 Å². The second-order valence-electron chi connectivity index (χ2n) is 3.94. The number of carboxylic acid groups (broad SMARTS) is 1. The van der Waals surface area contributed by atoms with Crippen molar-refractivity contribution in [2.75, 3.05) is 13.7 Å². The lowest BCUT2D eigenvalue weighted by Crippen LogP contribution is -2.48. The molecule has 19 heavy (non-hydrogen) atoms. The molecule has 0 saturated heterocycles. The van der Waals surface area contributed by atoms with Crippen molar-refractivity contribution < 1.29 is 19.4 Å². The Morgan fingerprint density at radius 1 is 1.47 bits per heavy atom. The molecule has 1 heterocycles. The Bertz CT molecular complexity index is 408. The zero-order chi connectivity index (χ0) is 14.3. The molecular weight excluding hydrogens is 268 g/mol. The van der Waals surface area contributed by atoms with Gasteiger partial charge in [0.1, 0.15) is 0 Å². The number of amides is 2. The van der Waals surface area contributed by atoms with Crippen molar-refractivity contribution in [3.05, 3.63) is 22.4 Å². The number of rotatable bonds is 7. The molecule has 1 aromatic heterocycles. The molecule has 0 aliphatic rings. The van der Waals surface area contributed by atoms with Gasteiger partial charge in [0, 0.05) is 12.0 Å². The van der Waals surface area contributed by atoms with E-state index in [0.717, 1.165) is 11.3 Å². The third-order valence-corrected chi connectivity index (χ3v) is 3.52. The molecule has 2 unspecified atom stereocenters. The Kier molecular flexibility index (Phi) is 6.31. The highest BCUT2D eigenvalue weighted by Gasteiger charge is 2.21. The van der Waals surface area contributed by atoms with E-state index in [1.165, 1.54) is 7.11 Å². The molecule has 0 spiro atoms. The molecule has 0 radical (unpaired) electrons. The molecule has 0 bridgehead atoms. The minimum Gasteiger partial charge on any atom is -0.480 e. The van der Waals surface area contributed by atoms with E-state index in [1.807, 2.05) is 24.4 Å². The first-order chi connectivity index (χ1) is 9.08. The van der Waals surface area contributed by atoms with Crippen LogP contribution in [0.5, 0.6) is 0 Å².